The highest BCUT2D eigenvalue weighted by Gasteiger charge is 2.31. The zero-order valence-electron chi connectivity index (χ0n) is 9.67. The van der Waals surface area contributed by atoms with Crippen molar-refractivity contribution in [3.8, 4) is 5.75 Å². The van der Waals surface area contributed by atoms with Gasteiger partial charge in [-0.15, -0.1) is 0 Å². The summed E-state index contributed by atoms with van der Waals surface area (Å²) in [4.78, 5) is 8.71. The van der Waals surface area contributed by atoms with Crippen molar-refractivity contribution < 1.29 is 40.1 Å². The van der Waals surface area contributed by atoms with E-state index in [-0.39, 0.29) is 5.57 Å². The summed E-state index contributed by atoms with van der Waals surface area (Å²) in [5.41, 5.74) is -0.342. The van der Waals surface area contributed by atoms with Crippen molar-refractivity contribution in [3.63, 3.8) is 0 Å². The lowest BCUT2D eigenvalue weighted by Gasteiger charge is -2.13. The van der Waals surface area contributed by atoms with Crippen LogP contribution in [0.1, 0.15) is 6.92 Å². The minimum Gasteiger partial charge on any atom is -0.744 e. The number of rotatable bonds is 3. The van der Waals surface area contributed by atoms with Crippen LogP contribution in [-0.2, 0) is 14.9 Å². The molecule has 0 N–H and O–H groups in total. The average molecular weight is 313 g/mol. The molecule has 0 heterocycles. The number of esters is 1. The third-order valence-electron chi connectivity index (χ3n) is 1.98. The van der Waals surface area contributed by atoms with Crippen molar-refractivity contribution in [1.29, 1.82) is 0 Å². The van der Waals surface area contributed by atoms with Gasteiger partial charge in [-0.3, -0.25) is 0 Å². The summed E-state index contributed by atoms with van der Waals surface area (Å²) in [7, 11) is -5.81. The lowest BCUT2D eigenvalue weighted by atomic mass is 10.3. The average Bonchev–Trinajstić information content (AvgIpc) is 2.30. The Bertz CT molecular complexity index is 682. The Kier molecular flexibility index (Phi) is 4.20. The van der Waals surface area contributed by atoms with Crippen molar-refractivity contribution in [2.24, 2.45) is 0 Å². The summed E-state index contributed by atoms with van der Waals surface area (Å²) in [5.74, 6) is -12.8. The molecule has 20 heavy (non-hydrogen) atoms. The standard InChI is InChI=1S/C10H6F4O5S/c1-3(2)10(15)19-8-4(11)6(13)9(20(16,17)18)7(14)5(8)12/h1H2,2H3,(H,16,17,18)/p-1. The molecular weight excluding hydrogens is 308 g/mol. The van der Waals surface area contributed by atoms with Gasteiger partial charge in [0.2, 0.25) is 17.4 Å². The van der Waals surface area contributed by atoms with Gasteiger partial charge in [-0.2, -0.15) is 8.78 Å². The number of carbonyl (C=O) groups is 1. The van der Waals surface area contributed by atoms with Gasteiger partial charge < -0.3 is 9.29 Å². The second kappa shape index (κ2) is 5.21. The van der Waals surface area contributed by atoms with Crippen LogP contribution < -0.4 is 4.74 Å². The first-order valence-electron chi connectivity index (χ1n) is 4.68. The molecule has 0 aromatic heterocycles. The first-order valence-corrected chi connectivity index (χ1v) is 6.08. The molecule has 110 valence electrons. The predicted molar refractivity (Wildman–Crippen MR) is 54.7 cm³/mol. The van der Waals surface area contributed by atoms with Gasteiger partial charge in [-0.05, 0) is 6.92 Å². The molecule has 0 atom stereocenters. The minimum absolute atomic E-state index is 0.342. The third kappa shape index (κ3) is 2.80. The molecule has 0 unspecified atom stereocenters. The van der Waals surface area contributed by atoms with E-state index in [0.717, 1.165) is 6.92 Å². The maximum Gasteiger partial charge on any atom is 0.338 e. The molecule has 0 aliphatic rings. The molecule has 0 bridgehead atoms. The Morgan fingerprint density at radius 3 is 1.80 bits per heavy atom. The quantitative estimate of drug-likeness (QED) is 0.211. The van der Waals surface area contributed by atoms with E-state index in [9.17, 15) is 35.3 Å². The number of ether oxygens (including phenoxy) is 1. The number of carbonyl (C=O) groups excluding carboxylic acids is 1. The number of halogens is 4. The first kappa shape index (κ1) is 16.1. The molecule has 0 saturated carbocycles. The van der Waals surface area contributed by atoms with Crippen molar-refractivity contribution in [1.82, 2.24) is 0 Å². The summed E-state index contributed by atoms with van der Waals surface area (Å²) in [6.45, 7) is 4.14. The highest BCUT2D eigenvalue weighted by Crippen LogP contribution is 2.32. The largest absolute Gasteiger partial charge is 0.744 e. The number of hydrogen-bond donors (Lipinski definition) is 0. The summed E-state index contributed by atoms with van der Waals surface area (Å²) in [6, 6.07) is 0. The fourth-order valence-corrected chi connectivity index (χ4v) is 1.70. The van der Waals surface area contributed by atoms with Gasteiger partial charge in [-0.25, -0.2) is 22.0 Å². The van der Waals surface area contributed by atoms with E-state index in [1.54, 1.807) is 0 Å². The lowest BCUT2D eigenvalue weighted by Crippen LogP contribution is -2.16. The zero-order valence-corrected chi connectivity index (χ0v) is 10.5. The van der Waals surface area contributed by atoms with Crippen LogP contribution in [0.2, 0.25) is 0 Å². The molecule has 0 saturated heterocycles. The van der Waals surface area contributed by atoms with Gasteiger partial charge in [-0.1, -0.05) is 6.58 Å². The number of hydrogen-bond acceptors (Lipinski definition) is 5. The second-order valence-corrected chi connectivity index (χ2v) is 4.85. The Labute approximate surface area is 110 Å². The van der Waals surface area contributed by atoms with Crippen LogP contribution in [0.15, 0.2) is 17.0 Å². The SMILES string of the molecule is C=C(C)C(=O)Oc1c(F)c(F)c(S(=O)(=O)[O-])c(F)c1F. The zero-order chi connectivity index (χ0) is 15.8. The molecular formula is C10H5F4O5S-. The second-order valence-electron chi connectivity index (χ2n) is 3.54. The van der Waals surface area contributed by atoms with Gasteiger partial charge in [0, 0.05) is 5.57 Å². The Hall–Kier alpha value is -1.94. The van der Waals surface area contributed by atoms with Crippen LogP contribution >= 0.6 is 0 Å². The molecule has 1 aromatic rings. The molecule has 0 radical (unpaired) electrons. The van der Waals surface area contributed by atoms with Gasteiger partial charge in [0.25, 0.3) is 0 Å². The first-order chi connectivity index (χ1) is 8.98. The fourth-order valence-electron chi connectivity index (χ4n) is 1.08. The van der Waals surface area contributed by atoms with Crippen LogP contribution in [0, 0.1) is 23.3 Å². The van der Waals surface area contributed by atoms with Crippen LogP contribution in [0.5, 0.6) is 5.75 Å². The molecule has 0 aliphatic heterocycles. The monoisotopic (exact) mass is 313 g/mol. The van der Waals surface area contributed by atoms with Crippen molar-refractivity contribution in [2.45, 2.75) is 11.8 Å². The summed E-state index contributed by atoms with van der Waals surface area (Å²) >= 11 is 0. The van der Waals surface area contributed by atoms with Crippen LogP contribution in [0.4, 0.5) is 17.6 Å². The van der Waals surface area contributed by atoms with E-state index in [0.29, 0.717) is 0 Å². The highest BCUT2D eigenvalue weighted by atomic mass is 32.2. The predicted octanol–water partition coefficient (Wildman–Crippen LogP) is 1.63. The maximum absolute atomic E-state index is 13.4. The van der Waals surface area contributed by atoms with E-state index in [1.807, 2.05) is 0 Å². The highest BCUT2D eigenvalue weighted by molar-refractivity contribution is 7.85. The maximum atomic E-state index is 13.4. The van der Waals surface area contributed by atoms with Gasteiger partial charge in [0.05, 0.1) is 0 Å². The summed E-state index contributed by atoms with van der Waals surface area (Å²) in [6.07, 6.45) is 0. The number of benzene rings is 1. The van der Waals surface area contributed by atoms with Crippen LogP contribution in [0.3, 0.4) is 0 Å². The van der Waals surface area contributed by atoms with Gasteiger partial charge in [0.1, 0.15) is 15.0 Å². The molecule has 0 amide bonds. The van der Waals surface area contributed by atoms with Crippen LogP contribution in [-0.4, -0.2) is 18.9 Å². The molecule has 0 aliphatic carbocycles. The Morgan fingerprint density at radius 1 is 1.10 bits per heavy atom. The fraction of sp³-hybridized carbons (Fsp3) is 0.100. The lowest BCUT2D eigenvalue weighted by molar-refractivity contribution is -0.130. The van der Waals surface area contributed by atoms with E-state index in [4.69, 9.17) is 0 Å². The summed E-state index contributed by atoms with van der Waals surface area (Å²) in [5, 5.41) is 0. The van der Waals surface area contributed by atoms with E-state index < -0.39 is 50.0 Å². The van der Waals surface area contributed by atoms with Crippen LogP contribution in [0.25, 0.3) is 0 Å². The topological polar surface area (TPSA) is 83.5 Å². The van der Waals surface area contributed by atoms with E-state index in [1.165, 1.54) is 0 Å². The van der Waals surface area contributed by atoms with Gasteiger partial charge in [0.15, 0.2) is 11.6 Å². The van der Waals surface area contributed by atoms with Gasteiger partial charge >= 0.3 is 5.97 Å². The Morgan fingerprint density at radius 2 is 1.50 bits per heavy atom. The van der Waals surface area contributed by atoms with Crippen molar-refractivity contribution in [2.75, 3.05) is 0 Å². The molecule has 5 nitrogen and oxygen atoms in total. The third-order valence-corrected chi connectivity index (χ3v) is 2.83. The normalized spacial score (nSPS) is 11.3. The molecule has 10 heteroatoms. The minimum atomic E-state index is -5.81. The van der Waals surface area contributed by atoms with Crippen molar-refractivity contribution >= 4 is 16.1 Å². The molecule has 0 fully saturated rings. The van der Waals surface area contributed by atoms with E-state index in [2.05, 4.69) is 11.3 Å². The summed E-state index contributed by atoms with van der Waals surface area (Å²) < 4.78 is 88.9. The smallest absolute Gasteiger partial charge is 0.338 e. The molecule has 1 aromatic carbocycles. The Balaban J connectivity index is 3.61. The molecule has 1 rings (SSSR count). The van der Waals surface area contributed by atoms with E-state index >= 15 is 0 Å². The molecule has 0 spiro atoms. The van der Waals surface area contributed by atoms with Crippen molar-refractivity contribution in [3.05, 3.63) is 35.4 Å².